The van der Waals surface area contributed by atoms with Gasteiger partial charge in [0.05, 0.1) is 45.2 Å². The first-order chi connectivity index (χ1) is 16.5. The van der Waals surface area contributed by atoms with Gasteiger partial charge in [0.15, 0.2) is 23.0 Å². The summed E-state index contributed by atoms with van der Waals surface area (Å²) >= 11 is 3.84. The SMILES string of the molecule is COc1ccc(-c2nn(Cc3ccccc3C)c(-c3ccc(OC)c(OC)c3)c2Br)cc1OC. The van der Waals surface area contributed by atoms with Crippen molar-refractivity contribution in [2.45, 2.75) is 13.5 Å². The van der Waals surface area contributed by atoms with E-state index in [4.69, 9.17) is 24.0 Å². The number of hydrogen-bond acceptors (Lipinski definition) is 5. The van der Waals surface area contributed by atoms with E-state index in [0.29, 0.717) is 29.5 Å². The molecule has 0 saturated carbocycles. The molecule has 3 aromatic carbocycles. The summed E-state index contributed by atoms with van der Waals surface area (Å²) in [7, 11) is 6.52. The number of methoxy groups -OCH3 is 4. The molecule has 0 saturated heterocycles. The summed E-state index contributed by atoms with van der Waals surface area (Å²) in [6.07, 6.45) is 0. The molecule has 34 heavy (non-hydrogen) atoms. The maximum atomic E-state index is 5.56. The molecular formula is C27H27BrN2O4. The van der Waals surface area contributed by atoms with Gasteiger partial charge < -0.3 is 18.9 Å². The first-order valence-corrected chi connectivity index (χ1v) is 11.6. The summed E-state index contributed by atoms with van der Waals surface area (Å²) in [5, 5.41) is 5.02. The number of aromatic nitrogens is 2. The Labute approximate surface area is 208 Å². The minimum Gasteiger partial charge on any atom is -0.493 e. The molecule has 176 valence electrons. The van der Waals surface area contributed by atoms with E-state index < -0.39 is 0 Å². The molecule has 4 aromatic rings. The molecule has 0 atom stereocenters. The summed E-state index contributed by atoms with van der Waals surface area (Å²) in [5.41, 5.74) is 6.01. The van der Waals surface area contributed by atoms with Gasteiger partial charge in [-0.2, -0.15) is 5.10 Å². The lowest BCUT2D eigenvalue weighted by Crippen LogP contribution is -2.05. The summed E-state index contributed by atoms with van der Waals surface area (Å²) < 4.78 is 24.8. The van der Waals surface area contributed by atoms with Gasteiger partial charge in [-0.15, -0.1) is 0 Å². The van der Waals surface area contributed by atoms with Crippen LogP contribution in [0.2, 0.25) is 0 Å². The molecule has 1 heterocycles. The van der Waals surface area contributed by atoms with Crippen LogP contribution in [0.15, 0.2) is 65.1 Å². The Morgan fingerprint density at radius 1 is 0.735 bits per heavy atom. The Hall–Kier alpha value is -3.45. The summed E-state index contributed by atoms with van der Waals surface area (Å²) in [6, 6.07) is 20.0. The second-order valence-electron chi connectivity index (χ2n) is 7.73. The highest BCUT2D eigenvalue weighted by Gasteiger charge is 2.22. The Bertz CT molecular complexity index is 1320. The lowest BCUT2D eigenvalue weighted by molar-refractivity contribution is 0.355. The van der Waals surface area contributed by atoms with Gasteiger partial charge in [-0.3, -0.25) is 4.68 Å². The van der Waals surface area contributed by atoms with Crippen LogP contribution in [0.3, 0.4) is 0 Å². The van der Waals surface area contributed by atoms with E-state index in [9.17, 15) is 0 Å². The molecule has 0 aliphatic rings. The zero-order valence-electron chi connectivity index (χ0n) is 19.9. The molecular weight excluding hydrogens is 496 g/mol. The van der Waals surface area contributed by atoms with Crippen molar-refractivity contribution in [3.05, 3.63) is 76.3 Å². The van der Waals surface area contributed by atoms with Gasteiger partial charge >= 0.3 is 0 Å². The third-order valence-electron chi connectivity index (χ3n) is 5.79. The standard InChI is InChI=1S/C27H27BrN2O4/c1-17-8-6-7-9-20(17)16-30-27(19-11-13-22(32-3)24(15-19)34-5)25(28)26(29-30)18-10-12-21(31-2)23(14-18)33-4/h6-15H,16H2,1-5H3. The van der Waals surface area contributed by atoms with E-state index in [0.717, 1.165) is 27.0 Å². The van der Waals surface area contributed by atoms with Crippen molar-refractivity contribution < 1.29 is 18.9 Å². The minimum absolute atomic E-state index is 0.613. The topological polar surface area (TPSA) is 54.7 Å². The van der Waals surface area contributed by atoms with Crippen molar-refractivity contribution in [1.82, 2.24) is 9.78 Å². The number of aryl methyl sites for hydroxylation is 1. The third-order valence-corrected chi connectivity index (χ3v) is 6.54. The highest BCUT2D eigenvalue weighted by molar-refractivity contribution is 9.10. The van der Waals surface area contributed by atoms with E-state index in [1.165, 1.54) is 11.1 Å². The number of ether oxygens (including phenoxy) is 4. The monoisotopic (exact) mass is 522 g/mol. The van der Waals surface area contributed by atoms with Gasteiger partial charge in [-0.25, -0.2) is 0 Å². The van der Waals surface area contributed by atoms with Crippen molar-refractivity contribution in [3.8, 4) is 45.5 Å². The Morgan fingerprint density at radius 3 is 1.88 bits per heavy atom. The molecule has 4 rings (SSSR count). The molecule has 0 unspecified atom stereocenters. The smallest absolute Gasteiger partial charge is 0.161 e. The molecule has 0 spiro atoms. The molecule has 6 nitrogen and oxygen atoms in total. The predicted octanol–water partition coefficient (Wildman–Crippen LogP) is 6.37. The molecule has 0 radical (unpaired) electrons. The second-order valence-corrected chi connectivity index (χ2v) is 8.53. The number of hydrogen-bond donors (Lipinski definition) is 0. The maximum Gasteiger partial charge on any atom is 0.161 e. The molecule has 0 fully saturated rings. The average molecular weight is 523 g/mol. The van der Waals surface area contributed by atoms with Crippen LogP contribution >= 0.6 is 15.9 Å². The molecule has 0 aliphatic heterocycles. The minimum atomic E-state index is 0.613. The van der Waals surface area contributed by atoms with Gasteiger partial charge in [0.2, 0.25) is 0 Å². The van der Waals surface area contributed by atoms with Crippen molar-refractivity contribution in [2.24, 2.45) is 0 Å². The van der Waals surface area contributed by atoms with Crippen molar-refractivity contribution in [1.29, 1.82) is 0 Å². The summed E-state index contributed by atoms with van der Waals surface area (Å²) in [4.78, 5) is 0. The van der Waals surface area contributed by atoms with Gasteiger partial charge in [-0.1, -0.05) is 24.3 Å². The van der Waals surface area contributed by atoms with E-state index in [1.54, 1.807) is 28.4 Å². The fraction of sp³-hybridized carbons (Fsp3) is 0.222. The highest BCUT2D eigenvalue weighted by atomic mass is 79.9. The molecule has 0 N–H and O–H groups in total. The van der Waals surface area contributed by atoms with Crippen LogP contribution in [0.5, 0.6) is 23.0 Å². The number of nitrogens with zero attached hydrogens (tertiary/aromatic N) is 2. The highest BCUT2D eigenvalue weighted by Crippen LogP contribution is 2.41. The number of benzene rings is 3. The predicted molar refractivity (Wildman–Crippen MR) is 137 cm³/mol. The van der Waals surface area contributed by atoms with Crippen LogP contribution in [0.1, 0.15) is 11.1 Å². The molecule has 0 amide bonds. The maximum absolute atomic E-state index is 5.56. The third kappa shape index (κ3) is 4.48. The molecule has 0 aliphatic carbocycles. The molecule has 7 heteroatoms. The van der Waals surface area contributed by atoms with Crippen LogP contribution in [-0.4, -0.2) is 38.2 Å². The van der Waals surface area contributed by atoms with Crippen molar-refractivity contribution in [3.63, 3.8) is 0 Å². The zero-order valence-corrected chi connectivity index (χ0v) is 21.5. The van der Waals surface area contributed by atoms with Crippen LogP contribution in [0.4, 0.5) is 0 Å². The number of rotatable bonds is 8. The Balaban J connectivity index is 1.91. The van der Waals surface area contributed by atoms with Crippen molar-refractivity contribution in [2.75, 3.05) is 28.4 Å². The first kappa shape index (κ1) is 23.7. The van der Waals surface area contributed by atoms with E-state index in [2.05, 4.69) is 35.0 Å². The summed E-state index contributed by atoms with van der Waals surface area (Å²) in [5.74, 6) is 2.64. The lowest BCUT2D eigenvalue weighted by atomic mass is 10.1. The fourth-order valence-electron chi connectivity index (χ4n) is 3.93. The Morgan fingerprint density at radius 2 is 1.29 bits per heavy atom. The van der Waals surface area contributed by atoms with E-state index >= 15 is 0 Å². The van der Waals surface area contributed by atoms with Crippen molar-refractivity contribution >= 4 is 15.9 Å². The quantitative estimate of drug-likeness (QED) is 0.269. The first-order valence-electron chi connectivity index (χ1n) is 10.8. The van der Waals surface area contributed by atoms with Crippen LogP contribution in [0, 0.1) is 6.92 Å². The van der Waals surface area contributed by atoms with Gasteiger partial charge in [0, 0.05) is 11.1 Å². The van der Waals surface area contributed by atoms with Crippen LogP contribution < -0.4 is 18.9 Å². The fourth-order valence-corrected chi connectivity index (χ4v) is 4.67. The Kier molecular flexibility index (Phi) is 7.12. The number of halogens is 1. The lowest BCUT2D eigenvalue weighted by Gasteiger charge is -2.13. The van der Waals surface area contributed by atoms with Gasteiger partial charge in [0.25, 0.3) is 0 Å². The van der Waals surface area contributed by atoms with E-state index in [-0.39, 0.29) is 0 Å². The largest absolute Gasteiger partial charge is 0.493 e. The van der Waals surface area contributed by atoms with E-state index in [1.807, 2.05) is 53.2 Å². The van der Waals surface area contributed by atoms with Crippen LogP contribution in [0.25, 0.3) is 22.5 Å². The molecule has 0 bridgehead atoms. The van der Waals surface area contributed by atoms with Gasteiger partial charge in [-0.05, 0) is 70.4 Å². The normalized spacial score (nSPS) is 10.8. The average Bonchev–Trinajstić information content (AvgIpc) is 3.19. The summed E-state index contributed by atoms with van der Waals surface area (Å²) in [6.45, 7) is 2.72. The van der Waals surface area contributed by atoms with Crippen LogP contribution in [-0.2, 0) is 6.54 Å². The zero-order chi connectivity index (χ0) is 24.2. The molecule has 1 aromatic heterocycles. The second kappa shape index (κ2) is 10.2. The van der Waals surface area contributed by atoms with Gasteiger partial charge in [0.1, 0.15) is 5.69 Å².